The van der Waals surface area contributed by atoms with Gasteiger partial charge in [-0.15, -0.1) is 0 Å². The van der Waals surface area contributed by atoms with E-state index in [1.165, 1.54) is 0 Å². The Labute approximate surface area is 94.7 Å². The number of carbonyl (C=O) groups excluding carboxylic acids is 1. The van der Waals surface area contributed by atoms with E-state index in [0.717, 1.165) is 26.1 Å². The van der Waals surface area contributed by atoms with Gasteiger partial charge in [0.05, 0.1) is 0 Å². The molecule has 2 rings (SSSR count). The van der Waals surface area contributed by atoms with Crippen molar-refractivity contribution in [1.29, 1.82) is 0 Å². The summed E-state index contributed by atoms with van der Waals surface area (Å²) in [6.45, 7) is 1.79. The number of amides is 1. The minimum Gasteiger partial charge on any atom is -0.381 e. The van der Waals surface area contributed by atoms with Gasteiger partial charge in [0.2, 0.25) is 5.91 Å². The molecule has 5 heteroatoms. The molecule has 1 aliphatic rings. The molecule has 0 spiro atoms. The molecule has 88 valence electrons. The molecule has 0 aromatic carbocycles. The molecule has 0 radical (unpaired) electrons. The normalized spacial score (nSPS) is 17.0. The van der Waals surface area contributed by atoms with Crippen LogP contribution in [0.25, 0.3) is 0 Å². The van der Waals surface area contributed by atoms with E-state index in [4.69, 9.17) is 4.74 Å². The summed E-state index contributed by atoms with van der Waals surface area (Å²) in [5.41, 5.74) is 2.99. The van der Waals surface area contributed by atoms with Crippen molar-refractivity contribution in [2.24, 2.45) is 0 Å². The lowest BCUT2D eigenvalue weighted by Gasteiger charge is -2.23. The second kappa shape index (κ2) is 5.55. The van der Waals surface area contributed by atoms with E-state index in [9.17, 15) is 4.79 Å². The van der Waals surface area contributed by atoms with E-state index >= 15 is 0 Å². The highest BCUT2D eigenvalue weighted by molar-refractivity contribution is 5.79. The van der Waals surface area contributed by atoms with Crippen LogP contribution in [0.5, 0.6) is 0 Å². The van der Waals surface area contributed by atoms with Gasteiger partial charge in [-0.25, -0.2) is 0 Å². The summed E-state index contributed by atoms with van der Waals surface area (Å²) in [4.78, 5) is 11.6. The van der Waals surface area contributed by atoms with Gasteiger partial charge in [-0.3, -0.25) is 9.47 Å². The largest absolute Gasteiger partial charge is 0.381 e. The van der Waals surface area contributed by atoms with Crippen LogP contribution in [-0.2, 0) is 9.53 Å². The third-order valence-electron chi connectivity index (χ3n) is 2.61. The second-order valence-electron chi connectivity index (χ2n) is 3.88. The molecule has 5 nitrogen and oxygen atoms in total. The molecular weight excluding hydrogens is 206 g/mol. The first-order valence-corrected chi connectivity index (χ1v) is 5.58. The number of nitrogens with one attached hydrogen (secondary N) is 2. The fraction of sp³-hybridized carbons (Fsp3) is 0.545. The number of aromatic nitrogens is 1. The van der Waals surface area contributed by atoms with E-state index in [1.54, 1.807) is 4.68 Å². The summed E-state index contributed by atoms with van der Waals surface area (Å²) in [5.74, 6) is 0.0283. The van der Waals surface area contributed by atoms with Crippen LogP contribution in [0.4, 0.5) is 0 Å². The third kappa shape index (κ3) is 3.27. The molecule has 0 unspecified atom stereocenters. The van der Waals surface area contributed by atoms with Crippen molar-refractivity contribution in [2.75, 3.05) is 25.2 Å². The van der Waals surface area contributed by atoms with Crippen LogP contribution < -0.4 is 10.7 Å². The zero-order valence-electron chi connectivity index (χ0n) is 9.19. The summed E-state index contributed by atoms with van der Waals surface area (Å²) >= 11 is 0. The number of ether oxygens (including phenoxy) is 1. The quantitative estimate of drug-likeness (QED) is 0.773. The molecule has 2 heterocycles. The highest BCUT2D eigenvalue weighted by Crippen LogP contribution is 2.05. The number of hydrogen-bond donors (Lipinski definition) is 2. The van der Waals surface area contributed by atoms with Crippen LogP contribution in [0.15, 0.2) is 24.5 Å². The fourth-order valence-electron chi connectivity index (χ4n) is 1.72. The molecule has 0 bridgehead atoms. The number of rotatable bonds is 4. The van der Waals surface area contributed by atoms with Gasteiger partial charge in [-0.2, -0.15) is 0 Å². The molecular formula is C11H17N3O2. The topological polar surface area (TPSA) is 55.3 Å². The summed E-state index contributed by atoms with van der Waals surface area (Å²) in [7, 11) is 0. The maximum Gasteiger partial charge on any atom is 0.241 e. The lowest BCUT2D eigenvalue weighted by molar-refractivity contribution is -0.120. The zero-order chi connectivity index (χ0) is 11.2. The Morgan fingerprint density at radius 2 is 2.00 bits per heavy atom. The zero-order valence-corrected chi connectivity index (χ0v) is 9.19. The monoisotopic (exact) mass is 223 g/mol. The molecule has 1 fully saturated rings. The van der Waals surface area contributed by atoms with Crippen molar-refractivity contribution in [2.45, 2.75) is 18.9 Å². The molecule has 1 saturated heterocycles. The van der Waals surface area contributed by atoms with Gasteiger partial charge in [0.25, 0.3) is 0 Å². The number of hydrogen-bond acceptors (Lipinski definition) is 3. The van der Waals surface area contributed by atoms with E-state index in [2.05, 4.69) is 10.7 Å². The van der Waals surface area contributed by atoms with Gasteiger partial charge in [0, 0.05) is 31.6 Å². The summed E-state index contributed by atoms with van der Waals surface area (Å²) in [5, 5.41) is 2.99. The molecule has 1 aromatic rings. The predicted octanol–water partition coefficient (Wildman–Crippen LogP) is 0.327. The molecule has 2 N–H and O–H groups in total. The summed E-state index contributed by atoms with van der Waals surface area (Å²) in [6.07, 6.45) is 5.55. The van der Waals surface area contributed by atoms with Crippen LogP contribution >= 0.6 is 0 Å². The van der Waals surface area contributed by atoms with Gasteiger partial charge in [-0.05, 0) is 25.0 Å². The highest BCUT2D eigenvalue weighted by atomic mass is 16.5. The Hall–Kier alpha value is -1.49. The number of carbonyl (C=O) groups is 1. The highest BCUT2D eigenvalue weighted by Gasteiger charge is 2.15. The molecule has 16 heavy (non-hydrogen) atoms. The average molecular weight is 223 g/mol. The SMILES string of the molecule is O=C(CNn1cccc1)NC1CCOCC1. The number of nitrogens with zero attached hydrogens (tertiary/aromatic N) is 1. The Kier molecular flexibility index (Phi) is 3.82. The fourth-order valence-corrected chi connectivity index (χ4v) is 1.72. The van der Waals surface area contributed by atoms with Crippen molar-refractivity contribution in [3.05, 3.63) is 24.5 Å². The van der Waals surface area contributed by atoms with Gasteiger partial charge >= 0.3 is 0 Å². The van der Waals surface area contributed by atoms with Crippen LogP contribution in [0.1, 0.15) is 12.8 Å². The van der Waals surface area contributed by atoms with E-state index < -0.39 is 0 Å². The smallest absolute Gasteiger partial charge is 0.241 e. The van der Waals surface area contributed by atoms with Gasteiger partial charge in [0.1, 0.15) is 6.54 Å². The van der Waals surface area contributed by atoms with E-state index in [-0.39, 0.29) is 11.9 Å². The van der Waals surface area contributed by atoms with Crippen LogP contribution in [0.2, 0.25) is 0 Å². The Morgan fingerprint density at radius 3 is 2.69 bits per heavy atom. The van der Waals surface area contributed by atoms with E-state index in [0.29, 0.717) is 6.54 Å². The van der Waals surface area contributed by atoms with Crippen molar-refractivity contribution in [3.8, 4) is 0 Å². The molecule has 0 aliphatic carbocycles. The molecule has 1 aromatic heterocycles. The Balaban J connectivity index is 1.67. The lowest BCUT2D eigenvalue weighted by Crippen LogP contribution is -2.42. The first-order valence-electron chi connectivity index (χ1n) is 5.58. The van der Waals surface area contributed by atoms with Crippen LogP contribution in [0, 0.1) is 0 Å². The summed E-state index contributed by atoms with van der Waals surface area (Å²) < 4.78 is 7.00. The molecule has 0 saturated carbocycles. The maximum absolute atomic E-state index is 11.6. The van der Waals surface area contributed by atoms with Crippen molar-refractivity contribution in [1.82, 2.24) is 9.99 Å². The minimum atomic E-state index is 0.0283. The lowest BCUT2D eigenvalue weighted by atomic mass is 10.1. The molecule has 1 amide bonds. The standard InChI is InChI=1S/C11H17N3O2/c15-11(9-12-14-5-1-2-6-14)13-10-3-7-16-8-4-10/h1-2,5-6,10,12H,3-4,7-9H2,(H,13,15). The van der Waals surface area contributed by atoms with Crippen LogP contribution in [-0.4, -0.2) is 36.4 Å². The van der Waals surface area contributed by atoms with Gasteiger partial charge in [0.15, 0.2) is 0 Å². The average Bonchev–Trinajstić information content (AvgIpc) is 2.81. The van der Waals surface area contributed by atoms with Gasteiger partial charge in [-0.1, -0.05) is 0 Å². The second-order valence-corrected chi connectivity index (χ2v) is 3.88. The van der Waals surface area contributed by atoms with E-state index in [1.807, 2.05) is 24.5 Å². The van der Waals surface area contributed by atoms with Gasteiger partial charge < -0.3 is 15.5 Å². The predicted molar refractivity (Wildman–Crippen MR) is 60.6 cm³/mol. The van der Waals surface area contributed by atoms with Crippen molar-refractivity contribution in [3.63, 3.8) is 0 Å². The van der Waals surface area contributed by atoms with Crippen LogP contribution in [0.3, 0.4) is 0 Å². The minimum absolute atomic E-state index is 0.0283. The van der Waals surface area contributed by atoms with Crippen molar-refractivity contribution >= 4 is 5.91 Å². The first-order chi connectivity index (χ1) is 7.84. The maximum atomic E-state index is 11.6. The summed E-state index contributed by atoms with van der Waals surface area (Å²) in [6, 6.07) is 4.08. The molecule has 1 aliphatic heterocycles. The third-order valence-corrected chi connectivity index (χ3v) is 2.61. The van der Waals surface area contributed by atoms with Crippen molar-refractivity contribution < 1.29 is 9.53 Å². The first kappa shape index (κ1) is 11.0. The Morgan fingerprint density at radius 1 is 1.31 bits per heavy atom. The Bertz CT molecular complexity index is 318. The molecule has 0 atom stereocenters.